The molecular formula is C34H36FN5O3. The van der Waals surface area contributed by atoms with Crippen molar-refractivity contribution in [3.05, 3.63) is 82.7 Å². The molecule has 222 valence electrons. The van der Waals surface area contributed by atoms with E-state index in [1.165, 1.54) is 12.1 Å². The Hall–Kier alpha value is -4.11. The van der Waals surface area contributed by atoms with Crippen molar-refractivity contribution in [2.24, 2.45) is 10.8 Å². The van der Waals surface area contributed by atoms with Crippen molar-refractivity contribution in [2.45, 2.75) is 57.3 Å². The molecule has 7 rings (SSSR count). The van der Waals surface area contributed by atoms with Crippen LogP contribution in [-0.4, -0.2) is 52.2 Å². The van der Waals surface area contributed by atoms with E-state index in [1.54, 1.807) is 12.3 Å². The molecule has 3 heterocycles. The first-order chi connectivity index (χ1) is 20.8. The van der Waals surface area contributed by atoms with E-state index >= 15 is 0 Å². The number of aliphatic hydroxyl groups excluding tert-OH is 1. The van der Waals surface area contributed by atoms with Crippen LogP contribution in [0.3, 0.4) is 0 Å². The summed E-state index contributed by atoms with van der Waals surface area (Å²) >= 11 is 0. The van der Waals surface area contributed by atoms with E-state index in [9.17, 15) is 19.1 Å². The molecule has 2 aromatic heterocycles. The maximum Gasteiger partial charge on any atom is 0.272 e. The van der Waals surface area contributed by atoms with Crippen LogP contribution in [0.5, 0.6) is 0 Å². The maximum absolute atomic E-state index is 14.0. The van der Waals surface area contributed by atoms with Crippen molar-refractivity contribution in [3.8, 4) is 11.1 Å². The number of pyridine rings is 1. The number of aliphatic hydroxyl groups is 1. The van der Waals surface area contributed by atoms with Gasteiger partial charge in [-0.1, -0.05) is 37.1 Å². The summed E-state index contributed by atoms with van der Waals surface area (Å²) in [5, 5.41) is 20.3. The number of allylic oxidation sites excluding steroid dienone is 3. The molecule has 1 aliphatic heterocycles. The van der Waals surface area contributed by atoms with Crippen molar-refractivity contribution in [1.29, 1.82) is 0 Å². The minimum atomic E-state index is -0.468. The first kappa shape index (κ1) is 27.7. The number of ketones is 1. The van der Waals surface area contributed by atoms with E-state index in [4.69, 9.17) is 0 Å². The molecule has 1 atom stereocenters. The SMILES string of the molecule is CN1C2=C(C(=O)CC3(CCCC3)C2)C(/C=C/c2ccc(-c3cccc(F)c3)cn2)c2c(C(=O)NCC3(CO)CC3)n[nH]c21. The smallest absolute Gasteiger partial charge is 0.272 e. The quantitative estimate of drug-likeness (QED) is 0.338. The van der Waals surface area contributed by atoms with Gasteiger partial charge in [0, 0.05) is 59.9 Å². The van der Waals surface area contributed by atoms with Crippen LogP contribution in [-0.2, 0) is 4.79 Å². The third kappa shape index (κ3) is 4.99. The standard InChI is InChI=1S/C34H36FN5O3/c1-40-26-16-33(11-2-3-12-33)17-27(42)28(26)25(10-9-24-8-7-22(18-36-24)21-5-4-6-23(35)15-21)29-30(38-39-31(29)40)32(43)37-19-34(20-41)13-14-34/h4-10,15,18,25,41H,2-3,11-14,16-17,19-20H2,1H3,(H,37,43)(H,38,39)/b10-9+. The summed E-state index contributed by atoms with van der Waals surface area (Å²) in [6.45, 7) is 0.425. The predicted octanol–water partition coefficient (Wildman–Crippen LogP) is 5.54. The molecular weight excluding hydrogens is 545 g/mol. The zero-order valence-corrected chi connectivity index (χ0v) is 24.3. The second kappa shape index (κ2) is 10.6. The molecule has 1 spiro atoms. The summed E-state index contributed by atoms with van der Waals surface area (Å²) in [5.74, 6) is -0.233. The van der Waals surface area contributed by atoms with Gasteiger partial charge in [-0.3, -0.25) is 19.7 Å². The van der Waals surface area contributed by atoms with Crippen LogP contribution in [0.2, 0.25) is 0 Å². The minimum absolute atomic E-state index is 0.00729. The number of aromatic nitrogens is 3. The third-order valence-electron chi connectivity index (χ3n) is 10.0. The second-order valence-corrected chi connectivity index (χ2v) is 12.9. The molecule has 43 heavy (non-hydrogen) atoms. The van der Waals surface area contributed by atoms with Crippen molar-refractivity contribution >= 4 is 23.6 Å². The number of rotatable bonds is 7. The number of hydrogen-bond acceptors (Lipinski definition) is 6. The van der Waals surface area contributed by atoms with Crippen LogP contribution in [0.1, 0.15) is 79.0 Å². The van der Waals surface area contributed by atoms with Gasteiger partial charge in [-0.2, -0.15) is 5.10 Å². The van der Waals surface area contributed by atoms with Gasteiger partial charge < -0.3 is 15.3 Å². The molecule has 8 nitrogen and oxygen atoms in total. The van der Waals surface area contributed by atoms with Crippen LogP contribution < -0.4 is 10.2 Å². The fraction of sp³-hybridized carbons (Fsp3) is 0.412. The van der Waals surface area contributed by atoms with E-state index in [2.05, 4.69) is 20.5 Å². The Morgan fingerprint density at radius 2 is 1.98 bits per heavy atom. The number of H-pyrrole nitrogens is 1. The molecule has 1 aromatic carbocycles. The fourth-order valence-electron chi connectivity index (χ4n) is 7.23. The Labute approximate surface area is 250 Å². The number of aromatic amines is 1. The van der Waals surface area contributed by atoms with Crippen LogP contribution >= 0.6 is 0 Å². The van der Waals surface area contributed by atoms with Gasteiger partial charge >= 0.3 is 0 Å². The lowest BCUT2D eigenvalue weighted by Gasteiger charge is -2.43. The average Bonchev–Trinajstić information content (AvgIpc) is 3.43. The van der Waals surface area contributed by atoms with E-state index in [-0.39, 0.29) is 40.6 Å². The molecule has 0 radical (unpaired) electrons. The highest BCUT2D eigenvalue weighted by molar-refractivity contribution is 6.04. The normalized spacial score (nSPS) is 21.8. The number of nitrogens with one attached hydrogen (secondary N) is 2. The van der Waals surface area contributed by atoms with Gasteiger partial charge in [0.05, 0.1) is 12.3 Å². The van der Waals surface area contributed by atoms with Crippen molar-refractivity contribution in [3.63, 3.8) is 0 Å². The van der Waals surface area contributed by atoms with Crippen molar-refractivity contribution < 1.29 is 19.1 Å². The lowest BCUT2D eigenvalue weighted by Crippen LogP contribution is -2.39. The lowest BCUT2D eigenvalue weighted by atomic mass is 9.67. The van der Waals surface area contributed by atoms with Gasteiger partial charge in [0.1, 0.15) is 11.6 Å². The van der Waals surface area contributed by atoms with Crippen LogP contribution in [0.4, 0.5) is 10.2 Å². The number of halogens is 1. The molecule has 3 aromatic rings. The predicted molar refractivity (Wildman–Crippen MR) is 162 cm³/mol. The summed E-state index contributed by atoms with van der Waals surface area (Å²) in [6.07, 6.45) is 13.1. The summed E-state index contributed by atoms with van der Waals surface area (Å²) in [4.78, 5) is 34.1. The molecule has 2 saturated carbocycles. The van der Waals surface area contributed by atoms with Gasteiger partial charge in [-0.05, 0) is 67.4 Å². The van der Waals surface area contributed by atoms with Crippen LogP contribution in [0.25, 0.3) is 17.2 Å². The zero-order valence-electron chi connectivity index (χ0n) is 24.3. The Kier molecular flexibility index (Phi) is 6.80. The lowest BCUT2D eigenvalue weighted by molar-refractivity contribution is -0.118. The monoisotopic (exact) mass is 581 g/mol. The largest absolute Gasteiger partial charge is 0.396 e. The van der Waals surface area contributed by atoms with Gasteiger partial charge in [0.15, 0.2) is 11.5 Å². The number of carbonyl (C=O) groups is 2. The topological polar surface area (TPSA) is 111 Å². The molecule has 0 saturated heterocycles. The van der Waals surface area contributed by atoms with Gasteiger partial charge in [0.2, 0.25) is 0 Å². The highest BCUT2D eigenvalue weighted by Crippen LogP contribution is 2.55. The average molecular weight is 582 g/mol. The molecule has 4 aliphatic rings. The Balaban J connectivity index is 1.24. The molecule has 0 bridgehead atoms. The molecule has 9 heteroatoms. The van der Waals surface area contributed by atoms with Gasteiger partial charge in [0.25, 0.3) is 5.91 Å². The number of Topliss-reactive ketones (excluding diaryl/α,β-unsaturated/α-hetero) is 1. The molecule has 1 amide bonds. The Bertz CT molecular complexity index is 1650. The number of amides is 1. The Morgan fingerprint density at radius 1 is 1.16 bits per heavy atom. The molecule has 1 unspecified atom stereocenters. The Morgan fingerprint density at radius 3 is 2.67 bits per heavy atom. The number of nitrogens with zero attached hydrogens (tertiary/aromatic N) is 3. The van der Waals surface area contributed by atoms with Crippen LogP contribution in [0, 0.1) is 16.6 Å². The van der Waals surface area contributed by atoms with E-state index in [0.29, 0.717) is 24.2 Å². The third-order valence-corrected chi connectivity index (χ3v) is 10.0. The number of hydrogen-bond donors (Lipinski definition) is 3. The van der Waals surface area contributed by atoms with Crippen LogP contribution in [0.15, 0.2) is 59.9 Å². The summed E-state index contributed by atoms with van der Waals surface area (Å²) in [6, 6.07) is 10.2. The van der Waals surface area contributed by atoms with E-state index < -0.39 is 5.92 Å². The number of carbonyl (C=O) groups excluding carboxylic acids is 2. The zero-order chi connectivity index (χ0) is 29.8. The highest BCUT2D eigenvalue weighted by atomic mass is 19.1. The highest BCUT2D eigenvalue weighted by Gasteiger charge is 2.48. The first-order valence-corrected chi connectivity index (χ1v) is 15.2. The molecule has 2 fully saturated rings. The maximum atomic E-state index is 14.0. The first-order valence-electron chi connectivity index (χ1n) is 15.2. The second-order valence-electron chi connectivity index (χ2n) is 12.9. The summed E-state index contributed by atoms with van der Waals surface area (Å²) < 4.78 is 13.7. The molecule has 3 N–H and O–H groups in total. The van der Waals surface area contributed by atoms with Gasteiger partial charge in [-0.15, -0.1) is 0 Å². The van der Waals surface area contributed by atoms with E-state index in [0.717, 1.165) is 73.2 Å². The fourth-order valence-corrected chi connectivity index (χ4v) is 7.23. The minimum Gasteiger partial charge on any atom is -0.396 e. The number of benzene rings is 1. The van der Waals surface area contributed by atoms with E-state index in [1.807, 2.05) is 42.3 Å². The van der Waals surface area contributed by atoms with Crippen molar-refractivity contribution in [2.75, 3.05) is 25.1 Å². The van der Waals surface area contributed by atoms with Gasteiger partial charge in [-0.25, -0.2) is 4.39 Å². The number of fused-ring (bicyclic) bond motifs is 1. The summed E-state index contributed by atoms with van der Waals surface area (Å²) in [7, 11) is 1.95. The molecule has 3 aliphatic carbocycles. The summed E-state index contributed by atoms with van der Waals surface area (Å²) in [5.41, 5.74) is 4.67. The van der Waals surface area contributed by atoms with Crippen molar-refractivity contribution in [1.82, 2.24) is 20.5 Å². The number of anilines is 1.